The van der Waals surface area contributed by atoms with E-state index in [9.17, 15) is 13.2 Å². The zero-order valence-electron chi connectivity index (χ0n) is 12.0. The van der Waals surface area contributed by atoms with Crippen molar-refractivity contribution in [2.75, 3.05) is 0 Å². The Bertz CT molecular complexity index is 833. The Morgan fingerprint density at radius 2 is 1.88 bits per heavy atom. The molecule has 0 N–H and O–H groups in total. The van der Waals surface area contributed by atoms with Gasteiger partial charge in [0, 0.05) is 21.3 Å². The highest BCUT2D eigenvalue weighted by atomic mass is 79.9. The van der Waals surface area contributed by atoms with Gasteiger partial charge in [0.2, 0.25) is 0 Å². The lowest BCUT2D eigenvalue weighted by molar-refractivity contribution is -0.141. The van der Waals surface area contributed by atoms with Gasteiger partial charge in [-0.3, -0.25) is 4.98 Å². The molecule has 0 saturated heterocycles. The van der Waals surface area contributed by atoms with Crippen LogP contribution in [-0.4, -0.2) is 20.0 Å². The number of halogens is 4. The number of nitrogens with zero attached hydrogens (tertiary/aromatic N) is 4. The van der Waals surface area contributed by atoms with Gasteiger partial charge in [0.15, 0.2) is 0 Å². The molecule has 0 atom stereocenters. The summed E-state index contributed by atoms with van der Waals surface area (Å²) in [7, 11) is 0. The first-order chi connectivity index (χ1) is 11.4. The first-order valence-corrected chi connectivity index (χ1v) is 8.53. The Hall–Kier alpha value is -1.87. The van der Waals surface area contributed by atoms with Crippen LogP contribution < -0.4 is 0 Å². The van der Waals surface area contributed by atoms with Crippen molar-refractivity contribution >= 4 is 27.7 Å². The summed E-state index contributed by atoms with van der Waals surface area (Å²) in [4.78, 5) is 3.82. The lowest BCUT2D eigenvalue weighted by Gasteiger charge is -2.06. The lowest BCUT2D eigenvalue weighted by Crippen LogP contribution is -2.07. The van der Waals surface area contributed by atoms with E-state index in [0.29, 0.717) is 16.3 Å². The number of hydrogen-bond donors (Lipinski definition) is 0. The number of benzene rings is 1. The molecule has 3 rings (SSSR count). The van der Waals surface area contributed by atoms with Gasteiger partial charge in [-0.2, -0.15) is 13.2 Å². The van der Waals surface area contributed by atoms with E-state index in [1.54, 1.807) is 16.9 Å². The molecule has 0 amide bonds. The number of pyridine rings is 1. The van der Waals surface area contributed by atoms with Crippen molar-refractivity contribution in [3.05, 3.63) is 64.7 Å². The van der Waals surface area contributed by atoms with E-state index in [2.05, 4.69) is 31.2 Å². The molecule has 0 aliphatic heterocycles. The molecule has 0 bridgehead atoms. The maximum atomic E-state index is 12.6. The molecule has 4 nitrogen and oxygen atoms in total. The third-order valence-electron chi connectivity index (χ3n) is 3.04. The summed E-state index contributed by atoms with van der Waals surface area (Å²) in [6.07, 6.45) is -1.53. The third-order valence-corrected chi connectivity index (χ3v) is 4.60. The molecule has 0 fully saturated rings. The van der Waals surface area contributed by atoms with E-state index in [1.165, 1.54) is 11.8 Å². The zero-order chi connectivity index (χ0) is 17.2. The van der Waals surface area contributed by atoms with Crippen LogP contribution in [0.5, 0.6) is 0 Å². The molecule has 9 heteroatoms. The van der Waals surface area contributed by atoms with Gasteiger partial charge in [-0.1, -0.05) is 21.1 Å². The maximum Gasteiger partial charge on any atom is 0.433 e. The summed E-state index contributed by atoms with van der Waals surface area (Å²) in [5.41, 5.74) is 0.629. The second-order valence-electron chi connectivity index (χ2n) is 4.79. The number of thioether (sulfide) groups is 1. The van der Waals surface area contributed by atoms with Crippen LogP contribution in [0.25, 0.3) is 5.69 Å². The van der Waals surface area contributed by atoms with E-state index in [4.69, 9.17) is 0 Å². The predicted molar refractivity (Wildman–Crippen MR) is 87.9 cm³/mol. The summed E-state index contributed by atoms with van der Waals surface area (Å²) >= 11 is 4.61. The second kappa shape index (κ2) is 6.94. The van der Waals surface area contributed by atoms with Crippen LogP contribution in [0.4, 0.5) is 13.2 Å². The number of hydrogen-bond acceptors (Lipinski definition) is 4. The van der Waals surface area contributed by atoms with Crippen molar-refractivity contribution in [3.8, 4) is 5.69 Å². The van der Waals surface area contributed by atoms with Gasteiger partial charge in [-0.15, -0.1) is 16.9 Å². The molecule has 0 spiro atoms. The lowest BCUT2D eigenvalue weighted by atomic mass is 10.3. The normalized spacial score (nSPS) is 11.7. The Labute approximate surface area is 148 Å². The van der Waals surface area contributed by atoms with E-state index < -0.39 is 11.9 Å². The molecular formula is C15H10BrF3N4S. The van der Waals surface area contributed by atoms with Crippen molar-refractivity contribution in [2.24, 2.45) is 0 Å². The first kappa shape index (κ1) is 17.0. The monoisotopic (exact) mass is 414 g/mol. The quantitative estimate of drug-likeness (QED) is 0.578. The van der Waals surface area contributed by atoms with E-state index in [1.807, 2.05) is 24.3 Å². The van der Waals surface area contributed by atoms with Crippen LogP contribution >= 0.6 is 27.7 Å². The summed E-state index contributed by atoms with van der Waals surface area (Å²) in [5, 5.41) is 8.07. The fourth-order valence-electron chi connectivity index (χ4n) is 1.90. The molecule has 24 heavy (non-hydrogen) atoms. The van der Waals surface area contributed by atoms with Crippen LogP contribution in [0.1, 0.15) is 11.4 Å². The van der Waals surface area contributed by atoms with Gasteiger partial charge in [0.25, 0.3) is 0 Å². The average Bonchev–Trinajstić information content (AvgIpc) is 3.02. The Morgan fingerprint density at radius 1 is 1.12 bits per heavy atom. The van der Waals surface area contributed by atoms with Gasteiger partial charge in [-0.25, -0.2) is 4.68 Å². The molecule has 0 aliphatic carbocycles. The minimum Gasteiger partial charge on any atom is -0.252 e. The van der Waals surface area contributed by atoms with Crippen LogP contribution in [-0.2, 0) is 11.9 Å². The maximum absolute atomic E-state index is 12.6. The summed E-state index contributed by atoms with van der Waals surface area (Å²) < 4.78 is 40.5. The fraction of sp³-hybridized carbons (Fsp3) is 0.133. The highest BCUT2D eigenvalue weighted by molar-refractivity contribution is 9.10. The van der Waals surface area contributed by atoms with Crippen molar-refractivity contribution < 1.29 is 13.2 Å². The van der Waals surface area contributed by atoms with Crippen molar-refractivity contribution in [2.45, 2.75) is 16.8 Å². The molecule has 3 aromatic rings. The summed E-state index contributed by atoms with van der Waals surface area (Å²) in [5.74, 6) is 0.415. The molecule has 0 unspecified atom stereocenters. The minimum atomic E-state index is -4.44. The van der Waals surface area contributed by atoms with Gasteiger partial charge >= 0.3 is 6.18 Å². The van der Waals surface area contributed by atoms with E-state index >= 15 is 0 Å². The van der Waals surface area contributed by atoms with Crippen molar-refractivity contribution in [1.82, 2.24) is 20.0 Å². The fourth-order valence-corrected chi connectivity index (χ4v) is 2.96. The molecule has 0 radical (unpaired) electrons. The van der Waals surface area contributed by atoms with Crippen LogP contribution in [0.3, 0.4) is 0 Å². The van der Waals surface area contributed by atoms with E-state index in [-0.39, 0.29) is 0 Å². The van der Waals surface area contributed by atoms with Crippen LogP contribution in [0.15, 0.2) is 58.2 Å². The second-order valence-corrected chi connectivity index (χ2v) is 6.76. The van der Waals surface area contributed by atoms with E-state index in [0.717, 1.165) is 22.4 Å². The topological polar surface area (TPSA) is 43.6 Å². The van der Waals surface area contributed by atoms with Crippen LogP contribution in [0, 0.1) is 0 Å². The van der Waals surface area contributed by atoms with Crippen LogP contribution in [0.2, 0.25) is 0 Å². The average molecular weight is 415 g/mol. The molecule has 0 aliphatic rings. The number of rotatable bonds is 4. The molecular weight excluding hydrogens is 405 g/mol. The predicted octanol–water partition coefficient (Wildman–Crippen LogP) is 4.74. The summed E-state index contributed by atoms with van der Waals surface area (Å²) in [6, 6.07) is 10.1. The van der Waals surface area contributed by atoms with Gasteiger partial charge in [0.05, 0.1) is 17.6 Å². The smallest absolute Gasteiger partial charge is 0.252 e. The van der Waals surface area contributed by atoms with Crippen molar-refractivity contribution in [1.29, 1.82) is 0 Å². The minimum absolute atomic E-state index is 0.415. The highest BCUT2D eigenvalue weighted by Crippen LogP contribution is 2.31. The molecule has 124 valence electrons. The SMILES string of the molecule is FC(F)(F)c1cc(SCc2cn(-c3ccc(Br)cc3)nn2)ccn1. The number of aromatic nitrogens is 4. The molecule has 2 heterocycles. The Morgan fingerprint density at radius 3 is 2.58 bits per heavy atom. The van der Waals surface area contributed by atoms with Gasteiger partial charge in [-0.05, 0) is 36.4 Å². The molecule has 1 aromatic carbocycles. The van der Waals surface area contributed by atoms with Gasteiger partial charge in [0.1, 0.15) is 5.69 Å². The Balaban J connectivity index is 1.69. The summed E-state index contributed by atoms with van der Waals surface area (Å²) in [6.45, 7) is 0. The van der Waals surface area contributed by atoms with Crippen molar-refractivity contribution in [3.63, 3.8) is 0 Å². The first-order valence-electron chi connectivity index (χ1n) is 6.75. The molecule has 0 saturated carbocycles. The number of alkyl halides is 3. The highest BCUT2D eigenvalue weighted by Gasteiger charge is 2.32. The zero-order valence-corrected chi connectivity index (χ0v) is 14.4. The third kappa shape index (κ3) is 4.15. The largest absolute Gasteiger partial charge is 0.433 e. The molecule has 2 aromatic heterocycles. The standard InChI is InChI=1S/C15H10BrF3N4S/c16-10-1-3-12(4-2-10)23-8-11(21-22-23)9-24-13-5-6-20-14(7-13)15(17,18)19/h1-8H,9H2. The van der Waals surface area contributed by atoms with Gasteiger partial charge < -0.3 is 0 Å². The Kier molecular flexibility index (Phi) is 4.91.